The summed E-state index contributed by atoms with van der Waals surface area (Å²) < 4.78 is 1.86. The largest absolute Gasteiger partial charge is 0.362 e. The number of nitrogens with zero attached hydrogens (tertiary/aromatic N) is 2. The first-order valence-corrected chi connectivity index (χ1v) is 9.12. The van der Waals surface area contributed by atoms with Gasteiger partial charge in [0.1, 0.15) is 0 Å². The summed E-state index contributed by atoms with van der Waals surface area (Å²) >= 11 is 11.3. The number of benzene rings is 1. The van der Waals surface area contributed by atoms with E-state index in [0.717, 1.165) is 37.3 Å². The van der Waals surface area contributed by atoms with E-state index in [2.05, 4.69) is 53.8 Å². The van der Waals surface area contributed by atoms with Crippen LogP contribution in [0, 0.1) is 6.92 Å². The lowest BCUT2D eigenvalue weighted by Gasteiger charge is -2.13. The summed E-state index contributed by atoms with van der Waals surface area (Å²) in [4.78, 5) is 0. The van der Waals surface area contributed by atoms with E-state index in [9.17, 15) is 0 Å². The lowest BCUT2D eigenvalue weighted by molar-refractivity contribution is 0.570. The zero-order valence-electron chi connectivity index (χ0n) is 14.5. The summed E-state index contributed by atoms with van der Waals surface area (Å²) in [6.07, 6.45) is 3.92. The molecule has 24 heavy (non-hydrogen) atoms. The second kappa shape index (κ2) is 9.04. The summed E-state index contributed by atoms with van der Waals surface area (Å²) in [6, 6.07) is 8.46. The van der Waals surface area contributed by atoms with Crippen molar-refractivity contribution in [1.82, 2.24) is 15.1 Å². The molecule has 1 heterocycles. The van der Waals surface area contributed by atoms with Crippen molar-refractivity contribution in [2.75, 3.05) is 11.9 Å². The Bertz CT molecular complexity index is 647. The van der Waals surface area contributed by atoms with E-state index in [4.69, 9.17) is 23.8 Å². The third-order valence-corrected chi connectivity index (χ3v) is 4.70. The van der Waals surface area contributed by atoms with Gasteiger partial charge in [0.2, 0.25) is 0 Å². The zero-order chi connectivity index (χ0) is 17.5. The summed E-state index contributed by atoms with van der Waals surface area (Å²) in [5.74, 6) is 0.587. The number of aryl methyl sites for hydroxylation is 2. The van der Waals surface area contributed by atoms with Crippen LogP contribution in [-0.2, 0) is 6.54 Å². The molecular formula is C18H25ClN4S. The molecule has 0 fully saturated rings. The fourth-order valence-electron chi connectivity index (χ4n) is 2.36. The average molecular weight is 365 g/mol. The minimum absolute atomic E-state index is 0.587. The first-order valence-electron chi connectivity index (χ1n) is 8.34. The van der Waals surface area contributed by atoms with Gasteiger partial charge in [-0.15, -0.1) is 0 Å². The van der Waals surface area contributed by atoms with Gasteiger partial charge in [-0.3, -0.25) is 4.68 Å². The molecule has 0 saturated heterocycles. The third-order valence-electron chi connectivity index (χ3n) is 4.09. The molecule has 0 amide bonds. The number of rotatable bonds is 7. The minimum Gasteiger partial charge on any atom is -0.362 e. The maximum Gasteiger partial charge on any atom is 0.170 e. The Morgan fingerprint density at radius 1 is 1.33 bits per heavy atom. The Morgan fingerprint density at radius 3 is 2.62 bits per heavy atom. The van der Waals surface area contributed by atoms with Crippen LogP contribution in [0.25, 0.3) is 0 Å². The van der Waals surface area contributed by atoms with Crippen LogP contribution in [0.5, 0.6) is 0 Å². The first-order chi connectivity index (χ1) is 11.5. The topological polar surface area (TPSA) is 41.9 Å². The molecule has 0 aliphatic rings. The van der Waals surface area contributed by atoms with Gasteiger partial charge in [-0.1, -0.05) is 37.6 Å². The molecule has 0 aliphatic heterocycles. The van der Waals surface area contributed by atoms with Crippen molar-refractivity contribution >= 4 is 34.6 Å². The van der Waals surface area contributed by atoms with Gasteiger partial charge >= 0.3 is 0 Å². The minimum atomic E-state index is 0.587. The highest BCUT2D eigenvalue weighted by Crippen LogP contribution is 2.20. The molecule has 0 saturated carbocycles. The summed E-state index contributed by atoms with van der Waals surface area (Å²) in [5.41, 5.74) is 3.23. The molecule has 0 aliphatic carbocycles. The van der Waals surface area contributed by atoms with Crippen molar-refractivity contribution in [2.24, 2.45) is 0 Å². The van der Waals surface area contributed by atoms with Crippen LogP contribution in [0.15, 0.2) is 30.5 Å². The van der Waals surface area contributed by atoms with Gasteiger partial charge in [0, 0.05) is 25.0 Å². The fourth-order valence-corrected chi connectivity index (χ4v) is 2.73. The van der Waals surface area contributed by atoms with Gasteiger partial charge in [-0.05, 0) is 55.6 Å². The number of halogens is 1. The van der Waals surface area contributed by atoms with Crippen LogP contribution in [0.1, 0.15) is 43.9 Å². The quantitative estimate of drug-likeness (QED) is 0.550. The molecule has 1 aromatic heterocycles. The van der Waals surface area contributed by atoms with E-state index in [-0.39, 0.29) is 0 Å². The predicted molar refractivity (Wildman–Crippen MR) is 106 cm³/mol. The smallest absolute Gasteiger partial charge is 0.170 e. The van der Waals surface area contributed by atoms with Gasteiger partial charge < -0.3 is 10.6 Å². The third kappa shape index (κ3) is 5.49. The van der Waals surface area contributed by atoms with Gasteiger partial charge in [0.15, 0.2) is 5.11 Å². The fraction of sp³-hybridized carbons (Fsp3) is 0.444. The van der Waals surface area contributed by atoms with E-state index in [0.29, 0.717) is 16.1 Å². The van der Waals surface area contributed by atoms with E-state index in [1.165, 1.54) is 5.56 Å². The Kier molecular flexibility index (Phi) is 7.06. The summed E-state index contributed by atoms with van der Waals surface area (Å²) in [7, 11) is 0. The SMILES string of the molecule is CCC(C)c1ccc(NC(=S)NCCCn2cc(Cl)c(C)n2)cc1. The Balaban J connectivity index is 1.71. The van der Waals surface area contributed by atoms with Crippen LogP contribution < -0.4 is 10.6 Å². The second-order valence-corrected chi connectivity index (χ2v) is 6.81. The van der Waals surface area contributed by atoms with E-state index < -0.39 is 0 Å². The molecule has 1 aromatic carbocycles. The molecule has 0 radical (unpaired) electrons. The summed E-state index contributed by atoms with van der Waals surface area (Å²) in [5, 5.41) is 12.1. The van der Waals surface area contributed by atoms with E-state index >= 15 is 0 Å². The first kappa shape index (κ1) is 18.7. The van der Waals surface area contributed by atoms with Crippen molar-refractivity contribution in [1.29, 1.82) is 0 Å². The molecule has 130 valence electrons. The number of anilines is 1. The molecule has 2 N–H and O–H groups in total. The number of aromatic nitrogens is 2. The molecule has 1 unspecified atom stereocenters. The highest BCUT2D eigenvalue weighted by atomic mass is 35.5. The number of nitrogens with one attached hydrogen (secondary N) is 2. The van der Waals surface area contributed by atoms with Crippen molar-refractivity contribution < 1.29 is 0 Å². The van der Waals surface area contributed by atoms with Crippen LogP contribution in [-0.4, -0.2) is 21.4 Å². The number of thiocarbonyl (C=S) groups is 1. The number of hydrogen-bond donors (Lipinski definition) is 2. The van der Waals surface area contributed by atoms with Crippen molar-refractivity contribution in [3.8, 4) is 0 Å². The molecule has 0 spiro atoms. The Hall–Kier alpha value is -1.59. The number of hydrogen-bond acceptors (Lipinski definition) is 2. The predicted octanol–water partition coefficient (Wildman–Crippen LogP) is 4.74. The van der Waals surface area contributed by atoms with Gasteiger partial charge in [0.25, 0.3) is 0 Å². The van der Waals surface area contributed by atoms with E-state index in [1.807, 2.05) is 17.8 Å². The normalized spacial score (nSPS) is 12.0. The maximum atomic E-state index is 5.99. The van der Waals surface area contributed by atoms with Crippen molar-refractivity contribution in [3.63, 3.8) is 0 Å². The molecule has 2 aromatic rings. The zero-order valence-corrected chi connectivity index (χ0v) is 16.0. The molecule has 1 atom stereocenters. The van der Waals surface area contributed by atoms with Crippen LogP contribution in [0.2, 0.25) is 5.02 Å². The van der Waals surface area contributed by atoms with Crippen molar-refractivity contribution in [3.05, 3.63) is 46.7 Å². The second-order valence-electron chi connectivity index (χ2n) is 5.99. The molecular weight excluding hydrogens is 340 g/mol. The van der Waals surface area contributed by atoms with E-state index in [1.54, 1.807) is 0 Å². The van der Waals surface area contributed by atoms with Crippen LogP contribution in [0.3, 0.4) is 0 Å². The van der Waals surface area contributed by atoms with Gasteiger partial charge in [-0.2, -0.15) is 5.10 Å². The molecule has 2 rings (SSSR count). The standard InChI is InChI=1S/C18H25ClN4S/c1-4-13(2)15-6-8-16(9-7-15)21-18(24)20-10-5-11-23-12-17(19)14(3)22-23/h6-9,12-13H,4-5,10-11H2,1-3H3,(H2,20,21,24). The summed E-state index contributed by atoms with van der Waals surface area (Å²) in [6.45, 7) is 7.94. The lowest BCUT2D eigenvalue weighted by atomic mass is 9.99. The van der Waals surface area contributed by atoms with Crippen LogP contribution in [0.4, 0.5) is 5.69 Å². The Morgan fingerprint density at radius 2 is 2.04 bits per heavy atom. The van der Waals surface area contributed by atoms with Crippen molar-refractivity contribution in [2.45, 2.75) is 46.1 Å². The maximum absolute atomic E-state index is 5.99. The van der Waals surface area contributed by atoms with Crippen LogP contribution >= 0.6 is 23.8 Å². The monoisotopic (exact) mass is 364 g/mol. The Labute approximate surface area is 154 Å². The lowest BCUT2D eigenvalue weighted by Crippen LogP contribution is -2.29. The highest BCUT2D eigenvalue weighted by molar-refractivity contribution is 7.80. The molecule has 6 heteroatoms. The van der Waals surface area contributed by atoms with Gasteiger partial charge in [0.05, 0.1) is 10.7 Å². The average Bonchev–Trinajstić information content (AvgIpc) is 2.89. The molecule has 4 nitrogen and oxygen atoms in total. The highest BCUT2D eigenvalue weighted by Gasteiger charge is 2.04. The van der Waals surface area contributed by atoms with Gasteiger partial charge in [-0.25, -0.2) is 0 Å². The molecule has 0 bridgehead atoms.